The Labute approximate surface area is 117 Å². The van der Waals surface area contributed by atoms with E-state index in [0.29, 0.717) is 0 Å². The standard InChI is InChI=1S/C13H20BrClN2/c1-10-7-11(14)12(16-8-10)17-9-13(2,3)5-4-6-15/h7-8H,4-6,9H2,1-3H3,(H,16,17). The summed E-state index contributed by atoms with van der Waals surface area (Å²) in [6, 6.07) is 2.07. The zero-order valence-corrected chi connectivity index (χ0v) is 13.0. The summed E-state index contributed by atoms with van der Waals surface area (Å²) in [4.78, 5) is 4.38. The maximum atomic E-state index is 5.73. The maximum absolute atomic E-state index is 5.73. The van der Waals surface area contributed by atoms with E-state index < -0.39 is 0 Å². The Kier molecular flexibility index (Phi) is 5.74. The molecule has 0 aliphatic carbocycles. The zero-order valence-electron chi connectivity index (χ0n) is 10.7. The van der Waals surface area contributed by atoms with Crippen LogP contribution in [0, 0.1) is 12.3 Å². The van der Waals surface area contributed by atoms with Crippen LogP contribution in [0.3, 0.4) is 0 Å². The molecule has 1 rings (SSSR count). The molecule has 0 amide bonds. The van der Waals surface area contributed by atoms with Crippen molar-refractivity contribution in [1.29, 1.82) is 0 Å². The molecule has 0 bridgehead atoms. The van der Waals surface area contributed by atoms with Crippen LogP contribution in [0.5, 0.6) is 0 Å². The van der Waals surface area contributed by atoms with E-state index in [1.165, 1.54) is 0 Å². The zero-order chi connectivity index (χ0) is 12.9. The van der Waals surface area contributed by atoms with Gasteiger partial charge in [0, 0.05) is 18.6 Å². The average Bonchev–Trinajstić information content (AvgIpc) is 2.25. The lowest BCUT2D eigenvalue weighted by Crippen LogP contribution is -2.23. The molecule has 0 aromatic carbocycles. The van der Waals surface area contributed by atoms with Crippen LogP contribution in [0.25, 0.3) is 0 Å². The van der Waals surface area contributed by atoms with Crippen molar-refractivity contribution < 1.29 is 0 Å². The van der Waals surface area contributed by atoms with Crippen LogP contribution < -0.4 is 5.32 Å². The molecule has 1 aromatic rings. The molecule has 1 aromatic heterocycles. The lowest BCUT2D eigenvalue weighted by molar-refractivity contribution is 0.355. The summed E-state index contributed by atoms with van der Waals surface area (Å²) >= 11 is 9.25. The van der Waals surface area contributed by atoms with Gasteiger partial charge in [0.2, 0.25) is 0 Å². The van der Waals surface area contributed by atoms with Crippen LogP contribution in [0.4, 0.5) is 5.82 Å². The third-order valence-electron chi connectivity index (χ3n) is 2.70. The largest absolute Gasteiger partial charge is 0.369 e. The fourth-order valence-corrected chi connectivity index (χ4v) is 2.36. The van der Waals surface area contributed by atoms with Crippen molar-refractivity contribution in [3.05, 3.63) is 22.3 Å². The van der Waals surface area contributed by atoms with Gasteiger partial charge < -0.3 is 5.32 Å². The highest BCUT2D eigenvalue weighted by atomic mass is 79.9. The SMILES string of the molecule is Cc1cnc(NCC(C)(C)CCCCl)c(Br)c1. The summed E-state index contributed by atoms with van der Waals surface area (Å²) in [6.45, 7) is 7.42. The number of anilines is 1. The minimum atomic E-state index is 0.237. The van der Waals surface area contributed by atoms with E-state index in [4.69, 9.17) is 11.6 Å². The second kappa shape index (κ2) is 6.60. The predicted molar refractivity (Wildman–Crippen MR) is 78.9 cm³/mol. The predicted octanol–water partition coefficient (Wildman–Crippen LogP) is 4.61. The molecule has 4 heteroatoms. The Bertz CT molecular complexity index is 366. The number of halogens is 2. The molecular weight excluding hydrogens is 300 g/mol. The van der Waals surface area contributed by atoms with Crippen molar-refractivity contribution in [2.75, 3.05) is 17.7 Å². The highest BCUT2D eigenvalue weighted by molar-refractivity contribution is 9.10. The van der Waals surface area contributed by atoms with Crippen LogP contribution in [0.15, 0.2) is 16.7 Å². The summed E-state index contributed by atoms with van der Waals surface area (Å²) in [5, 5.41) is 3.39. The molecule has 0 saturated heterocycles. The monoisotopic (exact) mass is 318 g/mol. The summed E-state index contributed by atoms with van der Waals surface area (Å²) in [7, 11) is 0. The van der Waals surface area contributed by atoms with Crippen LogP contribution in [-0.4, -0.2) is 17.4 Å². The van der Waals surface area contributed by atoms with Crippen LogP contribution in [0.2, 0.25) is 0 Å². The molecule has 17 heavy (non-hydrogen) atoms. The van der Waals surface area contributed by atoms with Crippen molar-refractivity contribution in [2.45, 2.75) is 33.6 Å². The molecule has 96 valence electrons. The van der Waals surface area contributed by atoms with Crippen molar-refractivity contribution in [2.24, 2.45) is 5.41 Å². The van der Waals surface area contributed by atoms with E-state index in [0.717, 1.165) is 41.1 Å². The van der Waals surface area contributed by atoms with Gasteiger partial charge in [-0.15, -0.1) is 11.6 Å². The smallest absolute Gasteiger partial charge is 0.140 e. The number of aromatic nitrogens is 1. The molecule has 0 saturated carbocycles. The number of alkyl halides is 1. The number of rotatable bonds is 6. The number of pyridine rings is 1. The molecule has 1 N–H and O–H groups in total. The minimum Gasteiger partial charge on any atom is -0.369 e. The van der Waals surface area contributed by atoms with E-state index in [2.05, 4.69) is 46.1 Å². The molecular formula is C13H20BrClN2. The van der Waals surface area contributed by atoms with Crippen molar-refractivity contribution in [3.63, 3.8) is 0 Å². The first-order chi connectivity index (χ1) is 7.94. The second-order valence-corrected chi connectivity index (χ2v) is 6.39. The van der Waals surface area contributed by atoms with Crippen LogP contribution in [0.1, 0.15) is 32.3 Å². The molecule has 0 unspecified atom stereocenters. The molecule has 0 fully saturated rings. The molecule has 0 aliphatic rings. The minimum absolute atomic E-state index is 0.237. The molecule has 2 nitrogen and oxygen atoms in total. The maximum Gasteiger partial charge on any atom is 0.140 e. The Hall–Kier alpha value is -0.280. The van der Waals surface area contributed by atoms with Gasteiger partial charge in [-0.2, -0.15) is 0 Å². The van der Waals surface area contributed by atoms with Crippen LogP contribution >= 0.6 is 27.5 Å². The quantitative estimate of drug-likeness (QED) is 0.775. The molecule has 0 radical (unpaired) electrons. The van der Waals surface area contributed by atoms with Crippen molar-refractivity contribution >= 4 is 33.3 Å². The Morgan fingerprint density at radius 1 is 1.47 bits per heavy atom. The van der Waals surface area contributed by atoms with Gasteiger partial charge in [-0.25, -0.2) is 4.98 Å². The van der Waals surface area contributed by atoms with Gasteiger partial charge in [-0.1, -0.05) is 13.8 Å². The highest BCUT2D eigenvalue weighted by Crippen LogP contribution is 2.26. The third kappa shape index (κ3) is 5.26. The summed E-state index contributed by atoms with van der Waals surface area (Å²) in [6.07, 6.45) is 4.05. The van der Waals surface area contributed by atoms with E-state index in [1.54, 1.807) is 0 Å². The van der Waals surface area contributed by atoms with Crippen molar-refractivity contribution in [3.8, 4) is 0 Å². The number of hydrogen-bond acceptors (Lipinski definition) is 2. The lowest BCUT2D eigenvalue weighted by atomic mass is 9.88. The highest BCUT2D eigenvalue weighted by Gasteiger charge is 2.17. The van der Waals surface area contributed by atoms with E-state index >= 15 is 0 Å². The van der Waals surface area contributed by atoms with Gasteiger partial charge in [0.05, 0.1) is 4.47 Å². The first-order valence-electron chi connectivity index (χ1n) is 5.86. The van der Waals surface area contributed by atoms with Crippen molar-refractivity contribution in [1.82, 2.24) is 4.98 Å². The Balaban J connectivity index is 2.54. The molecule has 0 spiro atoms. The van der Waals surface area contributed by atoms with Gasteiger partial charge in [0.1, 0.15) is 5.82 Å². The molecule has 1 heterocycles. The third-order valence-corrected chi connectivity index (χ3v) is 3.57. The van der Waals surface area contributed by atoms with E-state index in [1.807, 2.05) is 13.1 Å². The first-order valence-corrected chi connectivity index (χ1v) is 7.19. The Morgan fingerprint density at radius 2 is 2.18 bits per heavy atom. The summed E-state index contributed by atoms with van der Waals surface area (Å²) < 4.78 is 1.02. The van der Waals surface area contributed by atoms with Gasteiger partial charge in [0.25, 0.3) is 0 Å². The molecule has 0 aliphatic heterocycles. The summed E-state index contributed by atoms with van der Waals surface area (Å²) in [5.41, 5.74) is 1.39. The van der Waals surface area contributed by atoms with Gasteiger partial charge in [-0.3, -0.25) is 0 Å². The van der Waals surface area contributed by atoms with Crippen LogP contribution in [-0.2, 0) is 0 Å². The number of nitrogens with one attached hydrogen (secondary N) is 1. The van der Waals surface area contributed by atoms with E-state index in [9.17, 15) is 0 Å². The second-order valence-electron chi connectivity index (χ2n) is 5.15. The number of hydrogen-bond donors (Lipinski definition) is 1. The summed E-state index contributed by atoms with van der Waals surface area (Å²) in [5.74, 6) is 1.64. The fraction of sp³-hybridized carbons (Fsp3) is 0.615. The van der Waals surface area contributed by atoms with Gasteiger partial charge in [-0.05, 0) is 52.7 Å². The van der Waals surface area contributed by atoms with E-state index in [-0.39, 0.29) is 5.41 Å². The number of aryl methyl sites for hydroxylation is 1. The Morgan fingerprint density at radius 3 is 2.76 bits per heavy atom. The topological polar surface area (TPSA) is 24.9 Å². The lowest BCUT2D eigenvalue weighted by Gasteiger charge is -2.25. The first kappa shape index (κ1) is 14.8. The number of nitrogens with zero attached hydrogens (tertiary/aromatic N) is 1. The van der Waals surface area contributed by atoms with Gasteiger partial charge >= 0.3 is 0 Å². The fourth-order valence-electron chi connectivity index (χ4n) is 1.62. The average molecular weight is 320 g/mol. The normalized spacial score (nSPS) is 11.6. The molecule has 0 atom stereocenters. The van der Waals surface area contributed by atoms with Gasteiger partial charge in [0.15, 0.2) is 0 Å².